The largest absolute Gasteiger partial charge is 0.518 e. The normalized spacial score (nSPS) is 13.7. The van der Waals surface area contributed by atoms with Gasteiger partial charge in [-0.05, 0) is 58.3 Å². The van der Waals surface area contributed by atoms with Gasteiger partial charge in [0.15, 0.2) is 0 Å². The van der Waals surface area contributed by atoms with Gasteiger partial charge in [0.1, 0.15) is 5.75 Å². The average molecular weight is 556 g/mol. The molecule has 3 heteroatoms. The van der Waals surface area contributed by atoms with Crippen molar-refractivity contribution in [2.45, 2.75) is 6.92 Å². The Balaban J connectivity index is 1.62. The molecular weight excluding hydrogens is 527 g/mol. The van der Waals surface area contributed by atoms with Gasteiger partial charge >= 0.3 is 8.48 Å². The van der Waals surface area contributed by atoms with Crippen LogP contribution in [-0.4, -0.2) is 8.48 Å². The lowest BCUT2D eigenvalue weighted by Crippen LogP contribution is -2.73. The number of rotatable bonds is 3. The molecule has 0 fully saturated rings. The van der Waals surface area contributed by atoms with Crippen LogP contribution in [0.4, 0.5) is 11.4 Å². The van der Waals surface area contributed by atoms with E-state index in [1.807, 2.05) is 0 Å². The van der Waals surface area contributed by atoms with Gasteiger partial charge in [-0.2, -0.15) is 0 Å². The van der Waals surface area contributed by atoms with Crippen LogP contribution in [-0.2, 0) is 0 Å². The molecule has 0 saturated carbocycles. The third-order valence-electron chi connectivity index (χ3n) is 8.45. The summed E-state index contributed by atoms with van der Waals surface area (Å²) >= 11 is 0. The summed E-state index contributed by atoms with van der Waals surface area (Å²) in [6.45, 7) is 2.17. The first kappa shape index (κ1) is 24.7. The van der Waals surface area contributed by atoms with E-state index in [4.69, 9.17) is 4.43 Å². The summed E-state index contributed by atoms with van der Waals surface area (Å²) in [6.07, 6.45) is 0. The zero-order chi connectivity index (χ0) is 28.1. The number of aryl methyl sites for hydroxylation is 1. The van der Waals surface area contributed by atoms with Crippen molar-refractivity contribution in [2.75, 3.05) is 4.57 Å². The summed E-state index contributed by atoms with van der Waals surface area (Å²) in [5.74, 6) is 0.917. The molecule has 1 heterocycles. The summed E-state index contributed by atoms with van der Waals surface area (Å²) in [5.41, 5.74) is 5.87. The standard InChI is InChI=1S/C39H29NOSi/c1-28-13-12-16-31(27-28)40-36-25-23-29-14-8-10-21-34(29)38(36)39-35-22-11-9-15-30(35)24-26-37(39)41-42(40,32-17-4-2-5-18-32)33-19-6-3-7-20-33/h2-27H,1H3. The smallest absolute Gasteiger partial charge is 0.433 e. The van der Waals surface area contributed by atoms with Crippen molar-refractivity contribution in [3.05, 3.63) is 163 Å². The van der Waals surface area contributed by atoms with Crippen molar-refractivity contribution in [1.29, 1.82) is 0 Å². The van der Waals surface area contributed by atoms with E-state index in [9.17, 15) is 0 Å². The highest BCUT2D eigenvalue weighted by Crippen LogP contribution is 2.51. The maximum atomic E-state index is 7.73. The number of fused-ring (bicyclic) bond motifs is 7. The van der Waals surface area contributed by atoms with Crippen LogP contribution in [0.25, 0.3) is 32.7 Å². The molecule has 1 aliphatic heterocycles. The van der Waals surface area contributed by atoms with E-state index >= 15 is 0 Å². The number of benzene rings is 7. The van der Waals surface area contributed by atoms with Crippen LogP contribution in [0.2, 0.25) is 0 Å². The molecule has 8 rings (SSSR count). The summed E-state index contributed by atoms with van der Waals surface area (Å²) < 4.78 is 10.3. The Morgan fingerprint density at radius 1 is 0.500 bits per heavy atom. The van der Waals surface area contributed by atoms with Crippen LogP contribution >= 0.6 is 0 Å². The van der Waals surface area contributed by atoms with Crippen molar-refractivity contribution in [3.63, 3.8) is 0 Å². The predicted octanol–water partition coefficient (Wildman–Crippen LogP) is 8.76. The fraction of sp³-hybridized carbons (Fsp3) is 0.0256. The van der Waals surface area contributed by atoms with E-state index in [0.29, 0.717) is 0 Å². The Morgan fingerprint density at radius 2 is 1.07 bits per heavy atom. The van der Waals surface area contributed by atoms with Crippen LogP contribution in [0.3, 0.4) is 0 Å². The van der Waals surface area contributed by atoms with Gasteiger partial charge in [0.25, 0.3) is 0 Å². The Labute approximate surface area is 247 Å². The van der Waals surface area contributed by atoms with E-state index in [1.165, 1.54) is 43.0 Å². The van der Waals surface area contributed by atoms with Gasteiger partial charge < -0.3 is 8.99 Å². The SMILES string of the molecule is Cc1cccc(N2c3ccc4ccccc4c3-c3c(ccc4ccccc34)O[Si]2(c2ccccc2)c2ccccc2)c1. The van der Waals surface area contributed by atoms with Gasteiger partial charge in [-0.3, -0.25) is 0 Å². The average Bonchev–Trinajstić information content (AvgIpc) is 3.19. The molecule has 200 valence electrons. The molecule has 0 spiro atoms. The highest BCUT2D eigenvalue weighted by atomic mass is 28.4. The number of hydrogen-bond acceptors (Lipinski definition) is 2. The van der Waals surface area contributed by atoms with Crippen molar-refractivity contribution >= 4 is 51.8 Å². The molecule has 1 aliphatic rings. The van der Waals surface area contributed by atoms with Crippen LogP contribution in [0.15, 0.2) is 158 Å². The Bertz CT molecular complexity index is 2050. The minimum absolute atomic E-state index is 0.917. The molecule has 0 saturated heterocycles. The second-order valence-corrected chi connectivity index (χ2v) is 14.1. The second-order valence-electron chi connectivity index (χ2n) is 11.0. The molecular formula is C39H29NOSi. The summed E-state index contributed by atoms with van der Waals surface area (Å²) in [4.78, 5) is 0. The fourth-order valence-corrected chi connectivity index (χ4v) is 10.6. The van der Waals surface area contributed by atoms with E-state index in [-0.39, 0.29) is 0 Å². The lowest BCUT2D eigenvalue weighted by molar-refractivity contribution is 0.568. The summed E-state index contributed by atoms with van der Waals surface area (Å²) in [6, 6.07) is 57.0. The van der Waals surface area contributed by atoms with Crippen LogP contribution < -0.4 is 19.4 Å². The number of nitrogens with zero attached hydrogens (tertiary/aromatic N) is 1. The topological polar surface area (TPSA) is 12.5 Å². The quantitative estimate of drug-likeness (QED) is 0.202. The Hall–Kier alpha value is -5.12. The van der Waals surface area contributed by atoms with Gasteiger partial charge in [-0.25, -0.2) is 0 Å². The van der Waals surface area contributed by atoms with Crippen LogP contribution in [0.1, 0.15) is 5.56 Å². The maximum absolute atomic E-state index is 7.73. The lowest BCUT2D eigenvalue weighted by atomic mass is 9.91. The maximum Gasteiger partial charge on any atom is 0.433 e. The Morgan fingerprint density at radius 3 is 1.71 bits per heavy atom. The highest BCUT2D eigenvalue weighted by molar-refractivity contribution is 7.01. The van der Waals surface area contributed by atoms with Crippen molar-refractivity contribution < 1.29 is 4.43 Å². The molecule has 0 unspecified atom stereocenters. The minimum atomic E-state index is -3.22. The number of hydrogen-bond donors (Lipinski definition) is 0. The van der Waals surface area contributed by atoms with Gasteiger partial charge in [-0.15, -0.1) is 0 Å². The first-order valence-corrected chi connectivity index (χ1v) is 16.3. The Kier molecular flexibility index (Phi) is 5.73. The molecule has 0 radical (unpaired) electrons. The van der Waals surface area contributed by atoms with E-state index in [0.717, 1.165) is 22.7 Å². The second kappa shape index (κ2) is 9.76. The van der Waals surface area contributed by atoms with E-state index in [2.05, 4.69) is 169 Å². The molecule has 0 atom stereocenters. The molecule has 7 aromatic rings. The molecule has 42 heavy (non-hydrogen) atoms. The van der Waals surface area contributed by atoms with Crippen LogP contribution in [0, 0.1) is 6.92 Å². The molecule has 0 aromatic heterocycles. The monoisotopic (exact) mass is 555 g/mol. The van der Waals surface area contributed by atoms with Gasteiger partial charge in [0, 0.05) is 32.9 Å². The van der Waals surface area contributed by atoms with Gasteiger partial charge in [0.05, 0.1) is 0 Å². The number of anilines is 2. The first-order chi connectivity index (χ1) is 20.7. The summed E-state index contributed by atoms with van der Waals surface area (Å²) in [5, 5.41) is 7.22. The van der Waals surface area contributed by atoms with E-state index in [1.54, 1.807) is 0 Å². The molecule has 0 N–H and O–H groups in total. The molecule has 0 amide bonds. The minimum Gasteiger partial charge on any atom is -0.518 e. The lowest BCUT2D eigenvalue weighted by Gasteiger charge is -2.42. The third-order valence-corrected chi connectivity index (χ3v) is 12.3. The third kappa shape index (κ3) is 3.71. The van der Waals surface area contributed by atoms with Gasteiger partial charge in [-0.1, -0.05) is 133 Å². The molecule has 0 aliphatic carbocycles. The van der Waals surface area contributed by atoms with Gasteiger partial charge in [0.2, 0.25) is 0 Å². The highest BCUT2D eigenvalue weighted by Gasteiger charge is 2.52. The van der Waals surface area contributed by atoms with E-state index < -0.39 is 8.48 Å². The van der Waals surface area contributed by atoms with Crippen LogP contribution in [0.5, 0.6) is 5.75 Å². The predicted molar refractivity (Wildman–Crippen MR) is 179 cm³/mol. The molecule has 7 aromatic carbocycles. The van der Waals surface area contributed by atoms with Crippen molar-refractivity contribution in [2.24, 2.45) is 0 Å². The summed E-state index contributed by atoms with van der Waals surface area (Å²) in [7, 11) is -3.22. The van der Waals surface area contributed by atoms with Crippen molar-refractivity contribution in [1.82, 2.24) is 0 Å². The molecule has 2 nitrogen and oxygen atoms in total. The fourth-order valence-electron chi connectivity index (χ4n) is 6.64. The zero-order valence-electron chi connectivity index (χ0n) is 23.4. The zero-order valence-corrected chi connectivity index (χ0v) is 24.4. The first-order valence-electron chi connectivity index (χ1n) is 14.4. The molecule has 0 bridgehead atoms. The van der Waals surface area contributed by atoms with Crippen molar-refractivity contribution in [3.8, 4) is 16.9 Å².